The van der Waals surface area contributed by atoms with E-state index in [0.29, 0.717) is 16.8 Å². The molecule has 0 atom stereocenters. The van der Waals surface area contributed by atoms with E-state index in [9.17, 15) is 19.2 Å². The number of hydrazone groups is 1. The molecular formula is C25H21N3O6. The second kappa shape index (κ2) is 11.2. The molecule has 0 aliphatic rings. The fraction of sp³-hybridized carbons (Fsp3) is 0.0800. The van der Waals surface area contributed by atoms with Crippen LogP contribution in [0, 0.1) is 0 Å². The molecule has 3 rings (SSSR count). The molecule has 3 aromatic rings. The average molecular weight is 459 g/mol. The molecular weight excluding hydrogens is 438 g/mol. The molecule has 0 aliphatic heterocycles. The summed E-state index contributed by atoms with van der Waals surface area (Å²) < 4.78 is 10.4. The Hall–Kier alpha value is -4.79. The van der Waals surface area contributed by atoms with Crippen LogP contribution in [0.1, 0.15) is 40.1 Å². The fourth-order valence-corrected chi connectivity index (χ4v) is 2.80. The number of rotatable bonds is 7. The first kappa shape index (κ1) is 23.9. The van der Waals surface area contributed by atoms with Crippen molar-refractivity contribution in [1.29, 1.82) is 0 Å². The molecule has 3 aromatic carbocycles. The van der Waals surface area contributed by atoms with Gasteiger partial charge >= 0.3 is 11.9 Å². The van der Waals surface area contributed by atoms with Gasteiger partial charge in [0.15, 0.2) is 0 Å². The van der Waals surface area contributed by atoms with E-state index in [2.05, 4.69) is 15.8 Å². The van der Waals surface area contributed by atoms with Crippen LogP contribution in [0.2, 0.25) is 0 Å². The predicted octanol–water partition coefficient (Wildman–Crippen LogP) is 3.55. The molecule has 9 nitrogen and oxygen atoms in total. The van der Waals surface area contributed by atoms with E-state index >= 15 is 0 Å². The number of benzene rings is 3. The van der Waals surface area contributed by atoms with E-state index in [0.717, 1.165) is 0 Å². The number of nitrogens with one attached hydrogen (secondary N) is 2. The summed E-state index contributed by atoms with van der Waals surface area (Å²) in [6.07, 6.45) is 1.44. The first-order valence-corrected chi connectivity index (χ1v) is 10.1. The molecule has 0 fully saturated rings. The van der Waals surface area contributed by atoms with E-state index in [1.54, 1.807) is 60.7 Å². The van der Waals surface area contributed by atoms with Crippen molar-refractivity contribution >= 4 is 35.7 Å². The van der Waals surface area contributed by atoms with Crippen LogP contribution in [0.3, 0.4) is 0 Å². The van der Waals surface area contributed by atoms with Crippen LogP contribution in [0.25, 0.3) is 0 Å². The summed E-state index contributed by atoms with van der Waals surface area (Å²) in [6.45, 7) is 2.64. The van der Waals surface area contributed by atoms with Gasteiger partial charge in [-0.15, -0.1) is 0 Å². The quantitative estimate of drug-likeness (QED) is 0.241. The smallest absolute Gasteiger partial charge is 0.347 e. The van der Waals surface area contributed by atoms with E-state index in [-0.39, 0.29) is 23.0 Å². The summed E-state index contributed by atoms with van der Waals surface area (Å²) in [5, 5.41) is 6.54. The molecule has 2 N–H and O–H groups in total. The maximum Gasteiger partial charge on any atom is 0.347 e. The zero-order valence-electron chi connectivity index (χ0n) is 18.4. The number of nitrogens with zero attached hydrogens (tertiary/aromatic N) is 1. The summed E-state index contributed by atoms with van der Waals surface area (Å²) in [7, 11) is 0. The third kappa shape index (κ3) is 6.86. The van der Waals surface area contributed by atoms with Gasteiger partial charge in [0.25, 0.3) is 5.91 Å². The van der Waals surface area contributed by atoms with Gasteiger partial charge in [-0.1, -0.05) is 12.1 Å². The number of carbonyl (C=O) groups is 4. The highest BCUT2D eigenvalue weighted by molar-refractivity contribution is 5.96. The second-order valence-corrected chi connectivity index (χ2v) is 7.01. The molecule has 172 valence electrons. The van der Waals surface area contributed by atoms with Crippen LogP contribution in [0.4, 0.5) is 5.69 Å². The Morgan fingerprint density at radius 1 is 0.824 bits per heavy atom. The number of anilines is 1. The van der Waals surface area contributed by atoms with E-state index < -0.39 is 17.8 Å². The largest absolute Gasteiger partial charge is 0.426 e. The SMILES string of the molecule is CC(=O)Nc1ccc(C(=O)N/N=C/c2ccc(OC(=O)c3ccccc3OC(C)=O)cc2)cc1. The summed E-state index contributed by atoms with van der Waals surface area (Å²) >= 11 is 0. The molecule has 0 radical (unpaired) electrons. The molecule has 34 heavy (non-hydrogen) atoms. The highest BCUT2D eigenvalue weighted by Crippen LogP contribution is 2.21. The van der Waals surface area contributed by atoms with E-state index in [4.69, 9.17) is 9.47 Å². The number of amides is 2. The van der Waals surface area contributed by atoms with Gasteiger partial charge in [-0.05, 0) is 66.2 Å². The van der Waals surface area contributed by atoms with E-state index in [1.165, 1.54) is 32.2 Å². The Morgan fingerprint density at radius 2 is 1.50 bits per heavy atom. The number of carbonyl (C=O) groups excluding carboxylic acids is 4. The molecule has 9 heteroatoms. The normalized spacial score (nSPS) is 10.4. The zero-order valence-corrected chi connectivity index (χ0v) is 18.4. The standard InChI is InChI=1S/C25H21N3O6/c1-16(29)27-20-11-9-19(10-12-20)24(31)28-26-15-18-7-13-21(14-8-18)34-25(32)22-5-3-4-6-23(22)33-17(2)30/h3-15H,1-2H3,(H,27,29)(H,28,31)/b26-15+. The van der Waals surface area contributed by atoms with Gasteiger partial charge in [0.05, 0.1) is 6.21 Å². The highest BCUT2D eigenvalue weighted by Gasteiger charge is 2.15. The molecule has 0 heterocycles. The van der Waals surface area contributed by atoms with Crippen molar-refractivity contribution in [3.63, 3.8) is 0 Å². The molecule has 0 bridgehead atoms. The summed E-state index contributed by atoms with van der Waals surface area (Å²) in [5.41, 5.74) is 4.15. The van der Waals surface area contributed by atoms with Crippen LogP contribution < -0.4 is 20.2 Å². The van der Waals surface area contributed by atoms with Crippen molar-refractivity contribution in [2.75, 3.05) is 5.32 Å². The van der Waals surface area contributed by atoms with Gasteiger partial charge in [-0.3, -0.25) is 14.4 Å². The Morgan fingerprint density at radius 3 is 2.15 bits per heavy atom. The third-order valence-electron chi connectivity index (χ3n) is 4.30. The molecule has 2 amide bonds. The Kier molecular flexibility index (Phi) is 7.85. The van der Waals surface area contributed by atoms with E-state index in [1.807, 2.05) is 0 Å². The predicted molar refractivity (Wildman–Crippen MR) is 125 cm³/mol. The zero-order chi connectivity index (χ0) is 24.5. The van der Waals surface area contributed by atoms with Crippen LogP contribution in [-0.4, -0.2) is 30.0 Å². The lowest BCUT2D eigenvalue weighted by molar-refractivity contribution is -0.131. The van der Waals surface area contributed by atoms with Gasteiger partial charge in [-0.2, -0.15) is 5.10 Å². The first-order valence-electron chi connectivity index (χ1n) is 10.1. The highest BCUT2D eigenvalue weighted by atomic mass is 16.5. The maximum absolute atomic E-state index is 12.4. The minimum atomic E-state index is -0.671. The lowest BCUT2D eigenvalue weighted by atomic mass is 10.2. The molecule has 0 aromatic heterocycles. The lowest BCUT2D eigenvalue weighted by Gasteiger charge is -2.08. The Labute approximate surface area is 195 Å². The van der Waals surface area contributed by atoms with Crippen LogP contribution >= 0.6 is 0 Å². The minimum Gasteiger partial charge on any atom is -0.426 e. The number of esters is 2. The number of hydrogen-bond acceptors (Lipinski definition) is 7. The third-order valence-corrected chi connectivity index (χ3v) is 4.30. The number of ether oxygens (including phenoxy) is 2. The van der Waals surface area contributed by atoms with Crippen molar-refractivity contribution in [3.05, 3.63) is 89.5 Å². The fourth-order valence-electron chi connectivity index (χ4n) is 2.80. The monoisotopic (exact) mass is 459 g/mol. The average Bonchev–Trinajstić information content (AvgIpc) is 2.80. The summed E-state index contributed by atoms with van der Waals surface area (Å²) in [5.74, 6) is -1.43. The van der Waals surface area contributed by atoms with Gasteiger partial charge in [0.1, 0.15) is 17.1 Å². The first-order chi connectivity index (χ1) is 16.3. The molecule has 0 saturated heterocycles. The Bertz CT molecular complexity index is 1230. The van der Waals surface area contributed by atoms with Gasteiger partial charge in [0, 0.05) is 25.1 Å². The van der Waals surface area contributed by atoms with Crippen molar-refractivity contribution < 1.29 is 28.7 Å². The molecule has 0 aliphatic carbocycles. The molecule has 0 spiro atoms. The van der Waals surface area contributed by atoms with Gasteiger partial charge in [0.2, 0.25) is 5.91 Å². The van der Waals surface area contributed by atoms with Crippen molar-refractivity contribution in [1.82, 2.24) is 5.43 Å². The minimum absolute atomic E-state index is 0.115. The van der Waals surface area contributed by atoms with Crippen LogP contribution in [-0.2, 0) is 9.59 Å². The van der Waals surface area contributed by atoms with Crippen molar-refractivity contribution in [2.45, 2.75) is 13.8 Å². The maximum atomic E-state index is 12.4. The topological polar surface area (TPSA) is 123 Å². The van der Waals surface area contributed by atoms with Gasteiger partial charge in [-0.25, -0.2) is 10.2 Å². The van der Waals surface area contributed by atoms with Crippen LogP contribution in [0.5, 0.6) is 11.5 Å². The van der Waals surface area contributed by atoms with Crippen LogP contribution in [0.15, 0.2) is 77.9 Å². The summed E-state index contributed by atoms with van der Waals surface area (Å²) in [4.78, 5) is 46.9. The van der Waals surface area contributed by atoms with Crippen molar-refractivity contribution in [3.8, 4) is 11.5 Å². The molecule has 0 unspecified atom stereocenters. The summed E-state index contributed by atoms with van der Waals surface area (Å²) in [6, 6.07) is 19.1. The van der Waals surface area contributed by atoms with Crippen molar-refractivity contribution in [2.24, 2.45) is 5.10 Å². The van der Waals surface area contributed by atoms with Gasteiger partial charge < -0.3 is 14.8 Å². The number of para-hydroxylation sites is 1. The lowest BCUT2D eigenvalue weighted by Crippen LogP contribution is -2.17. The number of hydrogen-bond donors (Lipinski definition) is 2. The Balaban J connectivity index is 1.56. The molecule has 0 saturated carbocycles. The second-order valence-electron chi connectivity index (χ2n) is 7.01.